The molecule has 0 amide bonds. The van der Waals surface area contributed by atoms with Gasteiger partial charge < -0.3 is 15.2 Å². The van der Waals surface area contributed by atoms with Gasteiger partial charge in [-0.1, -0.05) is 13.8 Å². The molecule has 1 aliphatic heterocycles. The topological polar surface area (TPSA) is 106 Å². The largest absolute Gasteiger partial charge is 0.473 e. The Kier molecular flexibility index (Phi) is 6.95. The summed E-state index contributed by atoms with van der Waals surface area (Å²) in [5.74, 6) is 1.83. The van der Waals surface area contributed by atoms with E-state index in [-0.39, 0.29) is 12.1 Å². The summed E-state index contributed by atoms with van der Waals surface area (Å²) in [6, 6.07) is 2.38. The highest BCUT2D eigenvalue weighted by atomic mass is 16.5. The number of aryl methyl sites for hydroxylation is 1. The Hall–Kier alpha value is -3.40. The van der Waals surface area contributed by atoms with Crippen LogP contribution in [0.3, 0.4) is 0 Å². The van der Waals surface area contributed by atoms with E-state index in [4.69, 9.17) is 9.84 Å². The van der Waals surface area contributed by atoms with Crippen LogP contribution in [0.25, 0.3) is 22.2 Å². The van der Waals surface area contributed by atoms with Crippen LogP contribution in [0.15, 0.2) is 41.9 Å². The lowest BCUT2D eigenvalue weighted by Gasteiger charge is -2.32. The molecule has 10 nitrogen and oxygen atoms in total. The Morgan fingerprint density at radius 2 is 2.00 bits per heavy atom. The molecular formula is C26H36N8O2. The smallest absolute Gasteiger partial charge is 0.230 e. The molecule has 2 N–H and O–H groups in total. The number of hydrogen-bond acceptors (Lipinski definition) is 8. The molecule has 0 aromatic carbocycles. The number of nitrogens with zero attached hydrogens (tertiary/aromatic N) is 7. The van der Waals surface area contributed by atoms with Crippen molar-refractivity contribution in [3.05, 3.63) is 36.8 Å². The monoisotopic (exact) mass is 492 g/mol. The van der Waals surface area contributed by atoms with Gasteiger partial charge in [0.15, 0.2) is 6.23 Å². The molecule has 3 aromatic heterocycles. The van der Waals surface area contributed by atoms with Crippen molar-refractivity contribution in [3.8, 4) is 11.3 Å². The van der Waals surface area contributed by atoms with E-state index in [1.807, 2.05) is 25.6 Å². The summed E-state index contributed by atoms with van der Waals surface area (Å²) in [7, 11) is 1.92. The normalized spacial score (nSPS) is 22.3. The highest BCUT2D eigenvalue weighted by molar-refractivity contribution is 5.93. The Labute approximate surface area is 211 Å². The van der Waals surface area contributed by atoms with E-state index >= 15 is 0 Å². The number of fused-ring (bicyclic) bond motifs is 1. The lowest BCUT2D eigenvalue weighted by molar-refractivity contribution is 0.0261. The summed E-state index contributed by atoms with van der Waals surface area (Å²) in [6.07, 6.45) is 12.4. The molecular weight excluding hydrogens is 456 g/mol. The summed E-state index contributed by atoms with van der Waals surface area (Å²) >= 11 is 0. The van der Waals surface area contributed by atoms with Gasteiger partial charge in [-0.2, -0.15) is 10.2 Å². The third-order valence-electron chi connectivity index (χ3n) is 6.70. The Morgan fingerprint density at radius 1 is 1.19 bits per heavy atom. The number of nitrogens with one attached hydrogen (secondary N) is 1. The number of pyridine rings is 1. The van der Waals surface area contributed by atoms with Gasteiger partial charge in [0.1, 0.15) is 17.6 Å². The van der Waals surface area contributed by atoms with E-state index in [0.717, 1.165) is 60.2 Å². The van der Waals surface area contributed by atoms with Gasteiger partial charge in [0.05, 0.1) is 17.8 Å². The van der Waals surface area contributed by atoms with Gasteiger partial charge in [0, 0.05) is 55.6 Å². The Bertz CT molecular complexity index is 1250. The minimum Gasteiger partial charge on any atom is -0.473 e. The molecule has 1 fully saturated rings. The maximum atomic E-state index is 10.2. The summed E-state index contributed by atoms with van der Waals surface area (Å²) < 4.78 is 10.2. The number of ether oxygens (including phenoxy) is 1. The first-order valence-corrected chi connectivity index (χ1v) is 12.9. The number of hydrogen-bond donors (Lipinski definition) is 2. The zero-order valence-corrected chi connectivity index (χ0v) is 21.5. The van der Waals surface area contributed by atoms with Crippen molar-refractivity contribution in [1.29, 1.82) is 0 Å². The summed E-state index contributed by atoms with van der Waals surface area (Å²) in [5.41, 5.74) is 2.99. The fraction of sp³-hybridized carbons (Fsp3) is 0.538. The highest BCUT2D eigenvalue weighted by Crippen LogP contribution is 2.36. The number of anilines is 1. The molecule has 1 saturated carbocycles. The molecule has 0 spiro atoms. The number of aliphatic hydroxyl groups excluding tert-OH is 1. The van der Waals surface area contributed by atoms with Crippen molar-refractivity contribution in [1.82, 2.24) is 29.6 Å². The molecule has 36 heavy (non-hydrogen) atoms. The van der Waals surface area contributed by atoms with E-state index in [9.17, 15) is 5.11 Å². The van der Waals surface area contributed by atoms with Crippen molar-refractivity contribution < 1.29 is 9.84 Å². The standard InChI is InChI=1S/C26H36N8O2/c1-5-27-23-12-22-21(14-28-23)26(18-13-29-32(4)16-18)31-34(22)19-6-8-20(9-7-19)36-24-10-11-25(35)33(30-24)15-17(2)3/h10-14,16-17,19-20,25,35H,5-9,15H2,1-4H3,(H,27,28). The summed E-state index contributed by atoms with van der Waals surface area (Å²) in [5, 5.41) is 30.2. The van der Waals surface area contributed by atoms with Crippen LogP contribution >= 0.6 is 0 Å². The number of rotatable bonds is 7. The fourth-order valence-corrected chi connectivity index (χ4v) is 5.00. The van der Waals surface area contributed by atoms with E-state index in [2.05, 4.69) is 52.0 Å². The van der Waals surface area contributed by atoms with Gasteiger partial charge in [-0.3, -0.25) is 14.4 Å². The van der Waals surface area contributed by atoms with Crippen molar-refractivity contribution in [2.75, 3.05) is 18.4 Å². The lowest BCUT2D eigenvalue weighted by Crippen LogP contribution is -2.37. The number of hydrazone groups is 1. The minimum absolute atomic E-state index is 0.0967. The maximum absolute atomic E-state index is 10.2. The minimum atomic E-state index is -0.695. The molecule has 10 heteroatoms. The van der Waals surface area contributed by atoms with Gasteiger partial charge in [0.2, 0.25) is 5.90 Å². The predicted octanol–water partition coefficient (Wildman–Crippen LogP) is 3.92. The van der Waals surface area contributed by atoms with Crippen LogP contribution in [-0.2, 0) is 11.8 Å². The molecule has 2 aliphatic rings. The molecule has 192 valence electrons. The van der Waals surface area contributed by atoms with Crippen LogP contribution in [0.1, 0.15) is 52.5 Å². The van der Waals surface area contributed by atoms with Crippen LogP contribution in [0, 0.1) is 5.92 Å². The van der Waals surface area contributed by atoms with Gasteiger partial charge in [-0.05, 0) is 44.6 Å². The average molecular weight is 493 g/mol. The summed E-state index contributed by atoms with van der Waals surface area (Å²) in [4.78, 5) is 4.60. The first-order chi connectivity index (χ1) is 17.4. The predicted molar refractivity (Wildman–Crippen MR) is 140 cm³/mol. The Morgan fingerprint density at radius 3 is 2.69 bits per heavy atom. The first kappa shape index (κ1) is 24.3. The van der Waals surface area contributed by atoms with Gasteiger partial charge in [-0.25, -0.2) is 4.98 Å². The van der Waals surface area contributed by atoms with Gasteiger partial charge >= 0.3 is 0 Å². The molecule has 1 unspecified atom stereocenters. The molecule has 0 saturated heterocycles. The maximum Gasteiger partial charge on any atom is 0.230 e. The average Bonchev–Trinajstić information content (AvgIpc) is 3.45. The Balaban J connectivity index is 1.33. The fourth-order valence-electron chi connectivity index (χ4n) is 5.00. The number of aromatic nitrogens is 5. The highest BCUT2D eigenvalue weighted by Gasteiger charge is 2.28. The zero-order valence-electron chi connectivity index (χ0n) is 21.5. The second-order valence-corrected chi connectivity index (χ2v) is 10.1. The van der Waals surface area contributed by atoms with E-state index in [1.165, 1.54) is 0 Å². The van der Waals surface area contributed by atoms with Crippen LogP contribution in [0.2, 0.25) is 0 Å². The number of aliphatic hydroxyl groups is 1. The summed E-state index contributed by atoms with van der Waals surface area (Å²) in [6.45, 7) is 7.78. The van der Waals surface area contributed by atoms with Gasteiger partial charge in [-0.15, -0.1) is 5.10 Å². The van der Waals surface area contributed by atoms with Crippen LogP contribution in [0.4, 0.5) is 5.82 Å². The van der Waals surface area contributed by atoms with Crippen molar-refractivity contribution >= 4 is 22.6 Å². The lowest BCUT2D eigenvalue weighted by atomic mass is 9.93. The third kappa shape index (κ3) is 5.09. The molecule has 0 bridgehead atoms. The van der Waals surface area contributed by atoms with E-state index in [1.54, 1.807) is 21.8 Å². The van der Waals surface area contributed by atoms with Crippen LogP contribution < -0.4 is 5.32 Å². The molecule has 1 aliphatic carbocycles. The van der Waals surface area contributed by atoms with Crippen LogP contribution in [-0.4, -0.2) is 66.0 Å². The second kappa shape index (κ2) is 10.3. The van der Waals surface area contributed by atoms with Crippen LogP contribution in [0.5, 0.6) is 0 Å². The molecule has 1 atom stereocenters. The quantitative estimate of drug-likeness (QED) is 0.515. The van der Waals surface area contributed by atoms with Gasteiger partial charge in [0.25, 0.3) is 0 Å². The molecule has 5 rings (SSSR count). The molecule has 0 radical (unpaired) electrons. The molecule has 4 heterocycles. The molecule has 3 aromatic rings. The third-order valence-corrected chi connectivity index (χ3v) is 6.70. The second-order valence-electron chi connectivity index (χ2n) is 10.1. The SMILES string of the molecule is CCNc1cc2c(cn1)c(-c1cnn(C)c1)nn2C1CCC(OC2=NN(CC(C)C)C(O)C=C2)CC1. The zero-order chi connectivity index (χ0) is 25.2. The first-order valence-electron chi connectivity index (χ1n) is 12.9. The van der Waals surface area contributed by atoms with Crippen molar-refractivity contribution in [2.45, 2.75) is 64.8 Å². The van der Waals surface area contributed by atoms with E-state index < -0.39 is 6.23 Å². The van der Waals surface area contributed by atoms with Crippen molar-refractivity contribution in [2.24, 2.45) is 18.1 Å². The van der Waals surface area contributed by atoms with E-state index in [0.29, 0.717) is 18.4 Å². The van der Waals surface area contributed by atoms with Crippen molar-refractivity contribution in [3.63, 3.8) is 0 Å².